The number of imidazole rings is 1. The van der Waals surface area contributed by atoms with Crippen molar-refractivity contribution >= 4 is 38.6 Å². The van der Waals surface area contributed by atoms with Crippen molar-refractivity contribution in [3.8, 4) is 0 Å². The van der Waals surface area contributed by atoms with Crippen molar-refractivity contribution in [3.05, 3.63) is 28.5 Å². The molecule has 114 valence electrons. The minimum Gasteiger partial charge on any atom is -0.324 e. The van der Waals surface area contributed by atoms with E-state index in [1.807, 2.05) is 13.0 Å². The van der Waals surface area contributed by atoms with Crippen LogP contribution in [0.15, 0.2) is 22.7 Å². The van der Waals surface area contributed by atoms with Crippen molar-refractivity contribution in [2.24, 2.45) is 11.8 Å². The molecule has 1 aromatic carbocycles. The summed E-state index contributed by atoms with van der Waals surface area (Å²) in [5, 5.41) is -0.0640. The van der Waals surface area contributed by atoms with Crippen LogP contribution in [0.1, 0.15) is 57.3 Å². The second-order valence-electron chi connectivity index (χ2n) is 6.51. The van der Waals surface area contributed by atoms with Crippen LogP contribution in [0.5, 0.6) is 0 Å². The van der Waals surface area contributed by atoms with Crippen LogP contribution in [-0.2, 0) is 0 Å². The molecule has 1 fully saturated rings. The summed E-state index contributed by atoms with van der Waals surface area (Å²) in [5.41, 5.74) is 2.26. The molecular weight excluding hydrogens is 348 g/mol. The largest absolute Gasteiger partial charge is 0.324 e. The van der Waals surface area contributed by atoms with Gasteiger partial charge in [-0.05, 0) is 56.2 Å². The highest BCUT2D eigenvalue weighted by Crippen LogP contribution is 2.40. The summed E-state index contributed by atoms with van der Waals surface area (Å²) >= 11 is 9.99. The van der Waals surface area contributed by atoms with E-state index in [1.54, 1.807) is 0 Å². The normalized spacial score (nSPS) is 28.0. The Hall–Kier alpha value is -0.540. The average Bonchev–Trinajstić information content (AvgIpc) is 2.80. The van der Waals surface area contributed by atoms with Crippen LogP contribution in [0, 0.1) is 11.8 Å². The average molecular weight is 370 g/mol. The first-order valence-electron chi connectivity index (χ1n) is 7.78. The highest BCUT2D eigenvalue weighted by atomic mass is 79.9. The van der Waals surface area contributed by atoms with E-state index in [0.717, 1.165) is 27.6 Å². The summed E-state index contributed by atoms with van der Waals surface area (Å²) in [6, 6.07) is 6.82. The summed E-state index contributed by atoms with van der Waals surface area (Å²) in [4.78, 5) is 4.78. The van der Waals surface area contributed by atoms with Crippen LogP contribution in [0.2, 0.25) is 0 Å². The number of hydrogen-bond donors (Lipinski definition) is 0. The van der Waals surface area contributed by atoms with Crippen LogP contribution >= 0.6 is 27.5 Å². The Bertz CT molecular complexity index is 650. The van der Waals surface area contributed by atoms with Gasteiger partial charge in [-0.2, -0.15) is 0 Å². The van der Waals surface area contributed by atoms with E-state index < -0.39 is 0 Å². The van der Waals surface area contributed by atoms with Gasteiger partial charge >= 0.3 is 0 Å². The lowest BCUT2D eigenvalue weighted by molar-refractivity contribution is 0.211. The third kappa shape index (κ3) is 2.87. The zero-order valence-electron chi connectivity index (χ0n) is 12.8. The Balaban J connectivity index is 2.10. The minimum atomic E-state index is -0.0640. The topological polar surface area (TPSA) is 17.8 Å². The van der Waals surface area contributed by atoms with Crippen molar-refractivity contribution in [3.63, 3.8) is 0 Å². The number of benzene rings is 1. The fourth-order valence-corrected chi connectivity index (χ4v) is 4.01. The number of hydrogen-bond acceptors (Lipinski definition) is 1. The van der Waals surface area contributed by atoms with Crippen molar-refractivity contribution in [1.82, 2.24) is 9.55 Å². The van der Waals surface area contributed by atoms with Crippen molar-refractivity contribution < 1.29 is 0 Å². The molecule has 0 N–H and O–H groups in total. The first-order chi connectivity index (χ1) is 9.97. The number of alkyl halides is 1. The van der Waals surface area contributed by atoms with Gasteiger partial charge in [0.1, 0.15) is 5.82 Å². The van der Waals surface area contributed by atoms with Crippen molar-refractivity contribution in [1.29, 1.82) is 0 Å². The molecule has 0 amide bonds. The van der Waals surface area contributed by atoms with E-state index in [1.165, 1.54) is 24.8 Å². The second-order valence-corrected chi connectivity index (χ2v) is 8.08. The molecule has 4 atom stereocenters. The third-order valence-corrected chi connectivity index (χ3v) is 5.66. The number of nitrogens with zero attached hydrogens (tertiary/aromatic N) is 2. The molecular formula is C17H22BrClN2. The Morgan fingerprint density at radius 2 is 2.05 bits per heavy atom. The van der Waals surface area contributed by atoms with Crippen LogP contribution in [0.3, 0.4) is 0 Å². The van der Waals surface area contributed by atoms with Crippen LogP contribution in [0.4, 0.5) is 0 Å². The molecule has 0 saturated heterocycles. The second kappa shape index (κ2) is 5.92. The molecule has 0 aliphatic heterocycles. The van der Waals surface area contributed by atoms with E-state index in [-0.39, 0.29) is 5.38 Å². The molecule has 1 saturated carbocycles. The maximum absolute atomic E-state index is 6.41. The lowest BCUT2D eigenvalue weighted by Crippen LogP contribution is -2.24. The Morgan fingerprint density at radius 1 is 1.29 bits per heavy atom. The Morgan fingerprint density at radius 3 is 2.71 bits per heavy atom. The van der Waals surface area contributed by atoms with E-state index >= 15 is 0 Å². The molecule has 1 aliphatic rings. The number of fused-ring (bicyclic) bond motifs is 1. The number of aromatic nitrogens is 2. The fourth-order valence-electron chi connectivity index (χ4n) is 3.50. The highest BCUT2D eigenvalue weighted by molar-refractivity contribution is 9.10. The predicted octanol–water partition coefficient (Wildman–Crippen LogP) is 6.10. The fraction of sp³-hybridized carbons (Fsp3) is 0.588. The maximum atomic E-state index is 6.41. The maximum Gasteiger partial charge on any atom is 0.127 e. The standard InChI is InChI=1S/C17H22BrClN2/c1-10-4-6-14(8-11(10)2)21-16-9-13(18)5-7-15(16)20-17(21)12(3)19/h5,7,9-12,14H,4,6,8H2,1-3H3. The molecule has 21 heavy (non-hydrogen) atoms. The van der Waals surface area contributed by atoms with Crippen LogP contribution in [-0.4, -0.2) is 9.55 Å². The Kier molecular flexibility index (Phi) is 4.33. The monoisotopic (exact) mass is 368 g/mol. The van der Waals surface area contributed by atoms with Gasteiger partial charge in [-0.25, -0.2) is 4.98 Å². The molecule has 4 heteroatoms. The van der Waals surface area contributed by atoms with Crippen LogP contribution in [0.25, 0.3) is 11.0 Å². The summed E-state index contributed by atoms with van der Waals surface area (Å²) in [6.07, 6.45) is 3.73. The summed E-state index contributed by atoms with van der Waals surface area (Å²) < 4.78 is 3.50. The molecule has 0 spiro atoms. The minimum absolute atomic E-state index is 0.0640. The van der Waals surface area contributed by atoms with Gasteiger partial charge in [-0.3, -0.25) is 0 Å². The first-order valence-corrected chi connectivity index (χ1v) is 9.01. The summed E-state index contributed by atoms with van der Waals surface area (Å²) in [6.45, 7) is 6.76. The molecule has 4 unspecified atom stereocenters. The van der Waals surface area contributed by atoms with Gasteiger partial charge in [0.05, 0.1) is 16.4 Å². The quantitative estimate of drug-likeness (QED) is 0.585. The third-order valence-electron chi connectivity index (χ3n) is 4.97. The van der Waals surface area contributed by atoms with E-state index in [9.17, 15) is 0 Å². The number of rotatable bonds is 2. The summed E-state index contributed by atoms with van der Waals surface area (Å²) in [5.74, 6) is 2.59. The molecule has 1 aromatic heterocycles. The van der Waals surface area contributed by atoms with Gasteiger partial charge in [0, 0.05) is 10.5 Å². The molecule has 2 aromatic rings. The van der Waals surface area contributed by atoms with E-state index in [0.29, 0.717) is 6.04 Å². The number of halogens is 2. The van der Waals surface area contributed by atoms with Gasteiger partial charge in [-0.15, -0.1) is 11.6 Å². The van der Waals surface area contributed by atoms with Gasteiger partial charge in [-0.1, -0.05) is 29.8 Å². The van der Waals surface area contributed by atoms with Gasteiger partial charge in [0.2, 0.25) is 0 Å². The van der Waals surface area contributed by atoms with Crippen LogP contribution < -0.4 is 0 Å². The smallest absolute Gasteiger partial charge is 0.127 e. The van der Waals surface area contributed by atoms with Gasteiger partial charge in [0.15, 0.2) is 0 Å². The molecule has 2 nitrogen and oxygen atoms in total. The summed E-state index contributed by atoms with van der Waals surface area (Å²) in [7, 11) is 0. The predicted molar refractivity (Wildman–Crippen MR) is 92.9 cm³/mol. The van der Waals surface area contributed by atoms with Gasteiger partial charge < -0.3 is 4.57 Å². The first kappa shape index (κ1) is 15.4. The molecule has 1 aliphatic carbocycles. The molecule has 0 bridgehead atoms. The van der Waals surface area contributed by atoms with Crippen molar-refractivity contribution in [2.45, 2.75) is 51.5 Å². The van der Waals surface area contributed by atoms with E-state index in [4.69, 9.17) is 16.6 Å². The lowest BCUT2D eigenvalue weighted by Gasteiger charge is -2.34. The molecule has 0 radical (unpaired) electrons. The zero-order chi connectivity index (χ0) is 15.1. The SMILES string of the molecule is CC(Cl)c1nc2ccc(Br)cc2n1C1CCC(C)C(C)C1. The zero-order valence-corrected chi connectivity index (χ0v) is 15.2. The Labute approximate surface area is 140 Å². The lowest BCUT2D eigenvalue weighted by atomic mass is 9.79. The highest BCUT2D eigenvalue weighted by Gasteiger charge is 2.29. The van der Waals surface area contributed by atoms with Crippen molar-refractivity contribution in [2.75, 3.05) is 0 Å². The molecule has 1 heterocycles. The molecule has 3 rings (SSSR count). The van der Waals surface area contributed by atoms with E-state index in [2.05, 4.69) is 46.5 Å². The van der Waals surface area contributed by atoms with Gasteiger partial charge in [0.25, 0.3) is 0 Å².